The first-order valence-corrected chi connectivity index (χ1v) is 5.92. The van der Waals surface area contributed by atoms with Crippen molar-refractivity contribution in [1.82, 2.24) is 10.3 Å². The zero-order valence-electron chi connectivity index (χ0n) is 10.2. The van der Waals surface area contributed by atoms with Gasteiger partial charge in [0.05, 0.1) is 10.6 Å². The minimum absolute atomic E-state index is 0.163. The van der Waals surface area contributed by atoms with Crippen molar-refractivity contribution < 1.29 is 14.7 Å². The second-order valence-electron chi connectivity index (χ2n) is 4.35. The van der Waals surface area contributed by atoms with Gasteiger partial charge in [-0.15, -0.1) is 0 Å². The van der Waals surface area contributed by atoms with Gasteiger partial charge in [0.1, 0.15) is 6.04 Å². The van der Waals surface area contributed by atoms with Crippen molar-refractivity contribution in [2.24, 2.45) is 5.92 Å². The molecule has 1 amide bonds. The Morgan fingerprint density at radius 1 is 1.50 bits per heavy atom. The summed E-state index contributed by atoms with van der Waals surface area (Å²) in [7, 11) is 0. The zero-order valence-corrected chi connectivity index (χ0v) is 10.9. The van der Waals surface area contributed by atoms with Crippen molar-refractivity contribution in [2.45, 2.75) is 26.3 Å². The molecule has 0 aromatic carbocycles. The molecule has 0 radical (unpaired) electrons. The molecule has 0 aliphatic carbocycles. The number of carbonyl (C=O) groups is 2. The van der Waals surface area contributed by atoms with Gasteiger partial charge in [-0.05, 0) is 18.4 Å². The summed E-state index contributed by atoms with van der Waals surface area (Å²) in [6.07, 6.45) is 3.13. The number of carboxylic acid groups (broad SMARTS) is 1. The van der Waals surface area contributed by atoms with E-state index in [1.165, 1.54) is 18.5 Å². The maximum Gasteiger partial charge on any atom is 0.326 e. The molecule has 1 rings (SSSR count). The molecule has 2 N–H and O–H groups in total. The van der Waals surface area contributed by atoms with Crippen LogP contribution in [0.15, 0.2) is 18.5 Å². The van der Waals surface area contributed by atoms with Gasteiger partial charge < -0.3 is 10.4 Å². The third-order valence-corrected chi connectivity index (χ3v) is 2.65. The van der Waals surface area contributed by atoms with E-state index >= 15 is 0 Å². The second kappa shape index (κ2) is 6.35. The summed E-state index contributed by atoms with van der Waals surface area (Å²) < 4.78 is 0. The molecule has 0 aliphatic heterocycles. The lowest BCUT2D eigenvalue weighted by Crippen LogP contribution is -2.41. The number of pyridine rings is 1. The molecule has 18 heavy (non-hydrogen) atoms. The van der Waals surface area contributed by atoms with Crippen LogP contribution >= 0.6 is 11.6 Å². The van der Waals surface area contributed by atoms with E-state index in [4.69, 9.17) is 16.7 Å². The lowest BCUT2D eigenvalue weighted by Gasteiger charge is -2.16. The lowest BCUT2D eigenvalue weighted by atomic mass is 10.0. The van der Waals surface area contributed by atoms with Gasteiger partial charge in [0, 0.05) is 12.4 Å². The first kappa shape index (κ1) is 14.4. The average Bonchev–Trinajstić information content (AvgIpc) is 2.27. The molecule has 0 bridgehead atoms. The highest BCUT2D eigenvalue weighted by Crippen LogP contribution is 2.14. The van der Waals surface area contributed by atoms with E-state index in [0.717, 1.165) is 0 Å². The maximum atomic E-state index is 11.9. The number of carbonyl (C=O) groups excluding carboxylic acids is 1. The highest BCUT2D eigenvalue weighted by Gasteiger charge is 2.22. The van der Waals surface area contributed by atoms with Crippen molar-refractivity contribution in [3.05, 3.63) is 29.0 Å². The minimum Gasteiger partial charge on any atom is -0.480 e. The minimum atomic E-state index is -1.06. The number of carboxylic acids is 1. The van der Waals surface area contributed by atoms with Crippen molar-refractivity contribution in [2.75, 3.05) is 0 Å². The smallest absolute Gasteiger partial charge is 0.326 e. The van der Waals surface area contributed by atoms with Crippen LogP contribution in [-0.2, 0) is 4.79 Å². The van der Waals surface area contributed by atoms with Gasteiger partial charge in [0.2, 0.25) is 0 Å². The van der Waals surface area contributed by atoms with E-state index in [9.17, 15) is 9.59 Å². The van der Waals surface area contributed by atoms with Crippen LogP contribution in [0.4, 0.5) is 0 Å². The number of hydrogen-bond acceptors (Lipinski definition) is 3. The molecule has 0 aliphatic rings. The SMILES string of the molecule is CC(C)CC(NC(=O)c1cnccc1Cl)C(=O)O. The van der Waals surface area contributed by atoms with Gasteiger partial charge in [-0.25, -0.2) is 4.79 Å². The van der Waals surface area contributed by atoms with E-state index in [1.807, 2.05) is 13.8 Å². The van der Waals surface area contributed by atoms with Crippen LogP contribution in [-0.4, -0.2) is 28.0 Å². The molecule has 1 heterocycles. The molecular weight excluding hydrogens is 256 g/mol. The average molecular weight is 271 g/mol. The Labute approximate surface area is 110 Å². The number of aliphatic carboxylic acids is 1. The highest BCUT2D eigenvalue weighted by molar-refractivity contribution is 6.33. The van der Waals surface area contributed by atoms with Crippen LogP contribution in [0, 0.1) is 5.92 Å². The van der Waals surface area contributed by atoms with Gasteiger partial charge in [-0.2, -0.15) is 0 Å². The largest absolute Gasteiger partial charge is 0.480 e. The second-order valence-corrected chi connectivity index (χ2v) is 4.76. The third-order valence-electron chi connectivity index (χ3n) is 2.32. The quantitative estimate of drug-likeness (QED) is 0.857. The Morgan fingerprint density at radius 3 is 2.67 bits per heavy atom. The molecule has 1 atom stereocenters. The number of nitrogens with one attached hydrogen (secondary N) is 1. The van der Waals surface area contributed by atoms with Crippen LogP contribution in [0.1, 0.15) is 30.6 Å². The Bertz CT molecular complexity index is 449. The molecule has 0 saturated heterocycles. The van der Waals surface area contributed by atoms with Crippen LogP contribution in [0.3, 0.4) is 0 Å². The topological polar surface area (TPSA) is 79.3 Å². The third kappa shape index (κ3) is 4.00. The lowest BCUT2D eigenvalue weighted by molar-refractivity contribution is -0.139. The predicted molar refractivity (Wildman–Crippen MR) is 67.6 cm³/mol. The van der Waals surface area contributed by atoms with E-state index in [0.29, 0.717) is 6.42 Å². The van der Waals surface area contributed by atoms with Crippen molar-refractivity contribution in [1.29, 1.82) is 0 Å². The summed E-state index contributed by atoms with van der Waals surface area (Å²) >= 11 is 5.84. The van der Waals surface area contributed by atoms with Crippen LogP contribution in [0.25, 0.3) is 0 Å². The van der Waals surface area contributed by atoms with Gasteiger partial charge in [-0.3, -0.25) is 9.78 Å². The molecular formula is C12H15ClN2O3. The summed E-state index contributed by atoms with van der Waals surface area (Å²) in [5.41, 5.74) is 0.175. The first-order chi connectivity index (χ1) is 8.41. The number of hydrogen-bond donors (Lipinski definition) is 2. The molecule has 0 fully saturated rings. The molecule has 0 saturated carbocycles. The molecule has 1 unspecified atom stereocenters. The Balaban J connectivity index is 2.79. The Kier molecular flexibility index (Phi) is 5.09. The first-order valence-electron chi connectivity index (χ1n) is 5.55. The van der Waals surface area contributed by atoms with E-state index in [1.54, 1.807) is 0 Å². The zero-order chi connectivity index (χ0) is 13.7. The fraction of sp³-hybridized carbons (Fsp3) is 0.417. The van der Waals surface area contributed by atoms with Crippen molar-refractivity contribution in [3.63, 3.8) is 0 Å². The van der Waals surface area contributed by atoms with Crippen LogP contribution in [0.2, 0.25) is 5.02 Å². The molecule has 6 heteroatoms. The monoisotopic (exact) mass is 270 g/mol. The highest BCUT2D eigenvalue weighted by atomic mass is 35.5. The van der Waals surface area contributed by atoms with Gasteiger partial charge in [0.15, 0.2) is 0 Å². The summed E-state index contributed by atoms with van der Waals surface area (Å²) in [6.45, 7) is 3.78. The number of amides is 1. The summed E-state index contributed by atoms with van der Waals surface area (Å²) in [6, 6.07) is 0.558. The van der Waals surface area contributed by atoms with Crippen molar-refractivity contribution >= 4 is 23.5 Å². The molecule has 1 aromatic rings. The van der Waals surface area contributed by atoms with Gasteiger partial charge in [-0.1, -0.05) is 25.4 Å². The van der Waals surface area contributed by atoms with Gasteiger partial charge in [0.25, 0.3) is 5.91 Å². The molecule has 5 nitrogen and oxygen atoms in total. The summed E-state index contributed by atoms with van der Waals surface area (Å²) in [5, 5.41) is 11.7. The van der Waals surface area contributed by atoms with E-state index in [-0.39, 0.29) is 16.5 Å². The number of nitrogens with zero attached hydrogens (tertiary/aromatic N) is 1. The van der Waals surface area contributed by atoms with Crippen LogP contribution < -0.4 is 5.32 Å². The maximum absolute atomic E-state index is 11.9. The standard InChI is InChI=1S/C12H15ClN2O3/c1-7(2)5-10(12(17)18)15-11(16)8-6-14-4-3-9(8)13/h3-4,6-7,10H,5H2,1-2H3,(H,15,16)(H,17,18). The van der Waals surface area contributed by atoms with Crippen molar-refractivity contribution in [3.8, 4) is 0 Å². The van der Waals surface area contributed by atoms with E-state index in [2.05, 4.69) is 10.3 Å². The van der Waals surface area contributed by atoms with Crippen LogP contribution in [0.5, 0.6) is 0 Å². The summed E-state index contributed by atoms with van der Waals surface area (Å²) in [4.78, 5) is 26.7. The number of rotatable bonds is 5. The molecule has 1 aromatic heterocycles. The fourth-order valence-corrected chi connectivity index (χ4v) is 1.66. The number of aromatic nitrogens is 1. The van der Waals surface area contributed by atoms with Gasteiger partial charge >= 0.3 is 5.97 Å². The normalized spacial score (nSPS) is 12.2. The van der Waals surface area contributed by atoms with E-state index < -0.39 is 17.9 Å². The molecule has 0 spiro atoms. The predicted octanol–water partition coefficient (Wildman–Crippen LogP) is 1.96. The fourth-order valence-electron chi connectivity index (χ4n) is 1.47. The molecule has 98 valence electrons. The Morgan fingerprint density at radius 2 is 2.17 bits per heavy atom. The number of halogens is 1. The summed E-state index contributed by atoms with van der Waals surface area (Å²) in [5.74, 6) is -1.42. The Hall–Kier alpha value is -1.62.